The van der Waals surface area contributed by atoms with E-state index in [0.717, 1.165) is 25.3 Å². The van der Waals surface area contributed by atoms with E-state index in [1.165, 1.54) is 16.6 Å². The molecule has 0 radical (unpaired) electrons. The number of ether oxygens (including phenoxy) is 1. The van der Waals surface area contributed by atoms with Gasteiger partial charge in [-0.3, -0.25) is 0 Å². The lowest BCUT2D eigenvalue weighted by molar-refractivity contribution is 0.340. The highest BCUT2D eigenvalue weighted by Gasteiger charge is 2.06. The smallest absolute Gasteiger partial charge is 0.120 e. The van der Waals surface area contributed by atoms with Crippen LogP contribution in [0.15, 0.2) is 24.3 Å². The summed E-state index contributed by atoms with van der Waals surface area (Å²) in [5.41, 5.74) is 8.11. The van der Waals surface area contributed by atoms with E-state index in [9.17, 15) is 0 Å². The average Bonchev–Trinajstić information content (AvgIpc) is 2.62. The van der Waals surface area contributed by atoms with Crippen LogP contribution in [-0.2, 0) is 6.54 Å². The summed E-state index contributed by atoms with van der Waals surface area (Å²) in [5.74, 6) is 0.941. The zero-order chi connectivity index (χ0) is 12.3. The summed E-state index contributed by atoms with van der Waals surface area (Å²) in [5, 5.41) is 1.24. The van der Waals surface area contributed by atoms with Crippen molar-refractivity contribution in [3.05, 3.63) is 30.0 Å². The first-order valence-electron chi connectivity index (χ1n) is 6.19. The topological polar surface area (TPSA) is 40.2 Å². The normalized spacial score (nSPS) is 11.0. The van der Waals surface area contributed by atoms with Crippen LogP contribution in [0.4, 0.5) is 0 Å². The Hall–Kier alpha value is -1.48. The van der Waals surface area contributed by atoms with Crippen molar-refractivity contribution in [1.82, 2.24) is 4.57 Å². The Morgan fingerprint density at radius 2 is 2.12 bits per heavy atom. The molecule has 1 heterocycles. The largest absolute Gasteiger partial charge is 0.494 e. The number of aromatic nitrogens is 1. The molecule has 2 N–H and O–H groups in total. The maximum atomic E-state index is 5.57. The fourth-order valence-electron chi connectivity index (χ4n) is 2.19. The number of aryl methyl sites for hydroxylation is 2. The van der Waals surface area contributed by atoms with E-state index in [0.29, 0.717) is 6.61 Å². The Balaban J connectivity index is 2.38. The molecule has 0 saturated carbocycles. The van der Waals surface area contributed by atoms with Crippen LogP contribution in [0.2, 0.25) is 0 Å². The maximum Gasteiger partial charge on any atom is 0.120 e. The summed E-state index contributed by atoms with van der Waals surface area (Å²) < 4.78 is 7.83. The first-order chi connectivity index (χ1) is 8.26. The summed E-state index contributed by atoms with van der Waals surface area (Å²) >= 11 is 0. The van der Waals surface area contributed by atoms with Crippen molar-refractivity contribution in [2.75, 3.05) is 13.2 Å². The van der Waals surface area contributed by atoms with Gasteiger partial charge in [-0.2, -0.15) is 0 Å². The molecule has 0 amide bonds. The van der Waals surface area contributed by atoms with Crippen molar-refractivity contribution in [2.45, 2.75) is 26.8 Å². The van der Waals surface area contributed by atoms with Crippen molar-refractivity contribution in [3.8, 4) is 5.75 Å². The van der Waals surface area contributed by atoms with Crippen LogP contribution in [0.5, 0.6) is 5.75 Å². The van der Waals surface area contributed by atoms with Gasteiger partial charge in [-0.05, 0) is 51.1 Å². The molecule has 0 saturated heterocycles. The molecule has 3 nitrogen and oxygen atoms in total. The SMILES string of the molecule is CCOc1ccc2c(c1)cc(C)n2CCCN. The molecule has 0 aliphatic rings. The van der Waals surface area contributed by atoms with Gasteiger partial charge >= 0.3 is 0 Å². The Morgan fingerprint density at radius 3 is 2.82 bits per heavy atom. The second kappa shape index (κ2) is 5.23. The molecule has 3 heteroatoms. The highest BCUT2D eigenvalue weighted by Crippen LogP contribution is 2.24. The second-order valence-electron chi connectivity index (χ2n) is 4.23. The minimum atomic E-state index is 0.707. The molecule has 2 aromatic rings. The Morgan fingerprint density at radius 1 is 1.29 bits per heavy atom. The van der Waals surface area contributed by atoms with Crippen molar-refractivity contribution < 1.29 is 4.74 Å². The minimum absolute atomic E-state index is 0.707. The molecular weight excluding hydrogens is 212 g/mol. The van der Waals surface area contributed by atoms with Gasteiger partial charge in [-0.15, -0.1) is 0 Å². The first-order valence-corrected chi connectivity index (χ1v) is 6.19. The van der Waals surface area contributed by atoms with E-state index >= 15 is 0 Å². The summed E-state index contributed by atoms with van der Waals surface area (Å²) in [6.45, 7) is 6.56. The molecule has 92 valence electrons. The van der Waals surface area contributed by atoms with E-state index < -0.39 is 0 Å². The third kappa shape index (κ3) is 2.44. The molecule has 1 aromatic heterocycles. The highest BCUT2D eigenvalue weighted by molar-refractivity contribution is 5.82. The van der Waals surface area contributed by atoms with E-state index in [4.69, 9.17) is 10.5 Å². The number of benzene rings is 1. The monoisotopic (exact) mass is 232 g/mol. The van der Waals surface area contributed by atoms with E-state index in [2.05, 4.69) is 29.7 Å². The van der Waals surface area contributed by atoms with E-state index in [1.54, 1.807) is 0 Å². The molecule has 17 heavy (non-hydrogen) atoms. The predicted molar refractivity (Wildman–Crippen MR) is 71.5 cm³/mol. The summed E-state index contributed by atoms with van der Waals surface area (Å²) in [4.78, 5) is 0. The lowest BCUT2D eigenvalue weighted by Crippen LogP contribution is -2.06. The van der Waals surface area contributed by atoms with Crippen LogP contribution in [0, 0.1) is 6.92 Å². The first kappa shape index (κ1) is 12.0. The molecule has 0 aliphatic carbocycles. The number of rotatable bonds is 5. The molecule has 0 bridgehead atoms. The maximum absolute atomic E-state index is 5.57. The van der Waals surface area contributed by atoms with Crippen LogP contribution in [-0.4, -0.2) is 17.7 Å². The van der Waals surface area contributed by atoms with Gasteiger partial charge in [0.1, 0.15) is 5.75 Å². The molecule has 0 unspecified atom stereocenters. The third-order valence-corrected chi connectivity index (χ3v) is 2.98. The standard InChI is InChI=1S/C14H20N2O/c1-3-17-13-5-6-14-12(10-13)9-11(2)16(14)8-4-7-15/h5-6,9-10H,3-4,7-8,15H2,1-2H3. The molecular formula is C14H20N2O. The Labute approximate surface area is 102 Å². The number of nitrogens with zero attached hydrogens (tertiary/aromatic N) is 1. The number of hydrogen-bond acceptors (Lipinski definition) is 2. The highest BCUT2D eigenvalue weighted by atomic mass is 16.5. The van der Waals surface area contributed by atoms with Crippen LogP contribution >= 0.6 is 0 Å². The van der Waals surface area contributed by atoms with Gasteiger partial charge in [0, 0.05) is 23.1 Å². The second-order valence-corrected chi connectivity index (χ2v) is 4.23. The molecule has 0 spiro atoms. The summed E-state index contributed by atoms with van der Waals surface area (Å²) in [6, 6.07) is 8.47. The minimum Gasteiger partial charge on any atom is -0.494 e. The fraction of sp³-hybridized carbons (Fsp3) is 0.429. The lowest BCUT2D eigenvalue weighted by atomic mass is 10.2. The van der Waals surface area contributed by atoms with Crippen molar-refractivity contribution in [3.63, 3.8) is 0 Å². The molecule has 0 atom stereocenters. The van der Waals surface area contributed by atoms with Gasteiger partial charge in [0.05, 0.1) is 6.61 Å². The van der Waals surface area contributed by atoms with Gasteiger partial charge in [-0.25, -0.2) is 0 Å². The number of nitrogens with two attached hydrogens (primary N) is 1. The molecule has 1 aromatic carbocycles. The Bertz CT molecular complexity index is 502. The van der Waals surface area contributed by atoms with E-state index in [-0.39, 0.29) is 0 Å². The quantitative estimate of drug-likeness (QED) is 0.861. The lowest BCUT2D eigenvalue weighted by Gasteiger charge is -2.08. The summed E-state index contributed by atoms with van der Waals surface area (Å²) in [7, 11) is 0. The number of fused-ring (bicyclic) bond motifs is 1. The van der Waals surface area contributed by atoms with Crippen molar-refractivity contribution in [2.24, 2.45) is 5.73 Å². The zero-order valence-corrected chi connectivity index (χ0v) is 10.6. The van der Waals surface area contributed by atoms with Gasteiger partial charge in [0.15, 0.2) is 0 Å². The van der Waals surface area contributed by atoms with E-state index in [1.807, 2.05) is 13.0 Å². The molecule has 2 rings (SSSR count). The third-order valence-electron chi connectivity index (χ3n) is 2.98. The van der Waals surface area contributed by atoms with Gasteiger partial charge in [0.2, 0.25) is 0 Å². The molecule has 0 fully saturated rings. The fourth-order valence-corrected chi connectivity index (χ4v) is 2.19. The Kier molecular flexibility index (Phi) is 3.69. The molecule has 0 aliphatic heterocycles. The predicted octanol–water partition coefficient (Wildman–Crippen LogP) is 2.70. The summed E-state index contributed by atoms with van der Waals surface area (Å²) in [6.07, 6.45) is 1.01. The van der Waals surface area contributed by atoms with Gasteiger partial charge in [-0.1, -0.05) is 0 Å². The average molecular weight is 232 g/mol. The van der Waals surface area contributed by atoms with Gasteiger partial charge < -0.3 is 15.0 Å². The van der Waals surface area contributed by atoms with Crippen LogP contribution in [0.1, 0.15) is 19.0 Å². The van der Waals surface area contributed by atoms with Crippen LogP contribution in [0.25, 0.3) is 10.9 Å². The van der Waals surface area contributed by atoms with Gasteiger partial charge in [0.25, 0.3) is 0 Å². The van der Waals surface area contributed by atoms with Crippen LogP contribution < -0.4 is 10.5 Å². The zero-order valence-electron chi connectivity index (χ0n) is 10.6. The van der Waals surface area contributed by atoms with Crippen LogP contribution in [0.3, 0.4) is 0 Å². The number of hydrogen-bond donors (Lipinski definition) is 1. The van der Waals surface area contributed by atoms with Crippen molar-refractivity contribution in [1.29, 1.82) is 0 Å². The van der Waals surface area contributed by atoms with Crippen molar-refractivity contribution >= 4 is 10.9 Å².